The quantitative estimate of drug-likeness (QED) is 0.586. The van der Waals surface area contributed by atoms with Crippen molar-refractivity contribution in [2.24, 2.45) is 0 Å². The van der Waals surface area contributed by atoms with Gasteiger partial charge in [-0.3, -0.25) is 15.4 Å². The summed E-state index contributed by atoms with van der Waals surface area (Å²) in [5.74, 6) is -0.00351. The molecule has 0 spiro atoms. The average molecular weight is 380 g/mol. The monoisotopic (exact) mass is 379 g/mol. The number of rotatable bonds is 4. The number of nitrogens with zero attached hydrogens (tertiary/aromatic N) is 2. The molecule has 9 heteroatoms. The van der Waals surface area contributed by atoms with E-state index in [1.54, 1.807) is 27.7 Å². The number of pyridine rings is 1. The third-order valence-electron chi connectivity index (χ3n) is 2.95. The van der Waals surface area contributed by atoms with Crippen molar-refractivity contribution >= 4 is 29.1 Å². The van der Waals surface area contributed by atoms with Gasteiger partial charge in [-0.2, -0.15) is 0 Å². The van der Waals surface area contributed by atoms with Gasteiger partial charge in [-0.1, -0.05) is 11.6 Å². The molecule has 1 heterocycles. The molecule has 138 valence electrons. The number of nitrogens with one attached hydrogen (secondary N) is 1. The van der Waals surface area contributed by atoms with Gasteiger partial charge in [-0.05, 0) is 51.5 Å². The minimum atomic E-state index is -0.632. The van der Waals surface area contributed by atoms with Gasteiger partial charge in [0.15, 0.2) is 0 Å². The molecule has 0 bridgehead atoms. The molecule has 2 rings (SSSR count). The van der Waals surface area contributed by atoms with Crippen LogP contribution in [-0.2, 0) is 4.74 Å². The van der Waals surface area contributed by atoms with Crippen LogP contribution in [0, 0.1) is 17.0 Å². The average Bonchev–Trinajstić information content (AvgIpc) is 2.49. The Balaban J connectivity index is 2.18. The topological polar surface area (TPSA) is 104 Å². The van der Waals surface area contributed by atoms with E-state index in [1.165, 1.54) is 30.5 Å². The normalized spacial score (nSPS) is 11.0. The van der Waals surface area contributed by atoms with Crippen molar-refractivity contribution in [3.63, 3.8) is 0 Å². The fraction of sp³-hybridized carbons (Fsp3) is 0.294. The molecule has 1 N–H and O–H groups in total. The number of benzene rings is 1. The van der Waals surface area contributed by atoms with Crippen molar-refractivity contribution in [3.05, 3.63) is 51.2 Å². The van der Waals surface area contributed by atoms with E-state index < -0.39 is 16.6 Å². The summed E-state index contributed by atoms with van der Waals surface area (Å²) in [4.78, 5) is 26.3. The Hall–Kier alpha value is -2.87. The lowest BCUT2D eigenvalue weighted by molar-refractivity contribution is -0.386. The number of aryl methyl sites for hydroxylation is 1. The number of carbonyl (C=O) groups excluding carboxylic acids is 1. The van der Waals surface area contributed by atoms with Gasteiger partial charge in [0.2, 0.25) is 0 Å². The van der Waals surface area contributed by atoms with Crippen molar-refractivity contribution in [1.82, 2.24) is 4.98 Å². The molecule has 0 radical (unpaired) electrons. The van der Waals surface area contributed by atoms with Crippen LogP contribution in [0.4, 0.5) is 16.2 Å². The van der Waals surface area contributed by atoms with Crippen molar-refractivity contribution in [3.8, 4) is 11.6 Å². The molecule has 0 saturated heterocycles. The van der Waals surface area contributed by atoms with E-state index in [0.717, 1.165) is 0 Å². The van der Waals surface area contributed by atoms with Crippen molar-refractivity contribution in [2.45, 2.75) is 33.3 Å². The number of ether oxygens (including phenoxy) is 2. The minimum absolute atomic E-state index is 0.148. The summed E-state index contributed by atoms with van der Waals surface area (Å²) in [7, 11) is 0. The van der Waals surface area contributed by atoms with Crippen LogP contribution < -0.4 is 10.1 Å². The summed E-state index contributed by atoms with van der Waals surface area (Å²) in [6.45, 7) is 6.93. The molecule has 0 unspecified atom stereocenters. The van der Waals surface area contributed by atoms with Crippen LogP contribution in [0.15, 0.2) is 30.5 Å². The predicted molar refractivity (Wildman–Crippen MR) is 97.0 cm³/mol. The van der Waals surface area contributed by atoms with Crippen LogP contribution in [0.1, 0.15) is 26.3 Å². The zero-order valence-electron chi connectivity index (χ0n) is 14.7. The fourth-order valence-electron chi connectivity index (χ4n) is 1.94. The van der Waals surface area contributed by atoms with Crippen LogP contribution in [0.3, 0.4) is 0 Å². The highest BCUT2D eigenvalue weighted by molar-refractivity contribution is 6.32. The highest BCUT2D eigenvalue weighted by Gasteiger charge is 2.20. The molecule has 0 saturated carbocycles. The van der Waals surface area contributed by atoms with Gasteiger partial charge in [0.05, 0.1) is 9.95 Å². The SMILES string of the molecule is Cc1cnc(Oc2ccc(NC(=O)OC(C)(C)C)cc2Cl)c([N+](=O)[O-])c1. The highest BCUT2D eigenvalue weighted by Crippen LogP contribution is 2.35. The van der Waals surface area contributed by atoms with Gasteiger partial charge in [-0.25, -0.2) is 9.78 Å². The van der Waals surface area contributed by atoms with Gasteiger partial charge in [0.1, 0.15) is 11.4 Å². The van der Waals surface area contributed by atoms with Crippen LogP contribution in [-0.4, -0.2) is 21.6 Å². The maximum atomic E-state index is 11.8. The second-order valence-electron chi connectivity index (χ2n) is 6.47. The van der Waals surface area contributed by atoms with Gasteiger partial charge in [-0.15, -0.1) is 0 Å². The number of hydrogen-bond donors (Lipinski definition) is 1. The molecule has 0 fully saturated rings. The lowest BCUT2D eigenvalue weighted by Gasteiger charge is -2.19. The van der Waals surface area contributed by atoms with Crippen molar-refractivity contribution < 1.29 is 19.2 Å². The number of carbonyl (C=O) groups is 1. The number of amides is 1. The molecular formula is C17H18ClN3O5. The molecule has 0 aliphatic carbocycles. The first-order valence-electron chi connectivity index (χ1n) is 7.63. The van der Waals surface area contributed by atoms with Crippen molar-refractivity contribution in [2.75, 3.05) is 5.32 Å². The van der Waals surface area contributed by atoms with E-state index in [-0.39, 0.29) is 22.3 Å². The highest BCUT2D eigenvalue weighted by atomic mass is 35.5. The summed E-state index contributed by atoms with van der Waals surface area (Å²) in [5.41, 5.74) is 0.125. The Bertz CT molecular complexity index is 849. The van der Waals surface area contributed by atoms with Gasteiger partial charge in [0, 0.05) is 18.0 Å². The first-order chi connectivity index (χ1) is 12.0. The fourth-order valence-corrected chi connectivity index (χ4v) is 2.16. The number of anilines is 1. The summed E-state index contributed by atoms with van der Waals surface area (Å²) >= 11 is 6.14. The summed E-state index contributed by atoms with van der Waals surface area (Å²) in [6, 6.07) is 5.81. The van der Waals surface area contributed by atoms with Crippen LogP contribution in [0.25, 0.3) is 0 Å². The van der Waals surface area contributed by atoms with E-state index in [1.807, 2.05) is 0 Å². The van der Waals surface area contributed by atoms with E-state index >= 15 is 0 Å². The zero-order chi connectivity index (χ0) is 19.5. The van der Waals surface area contributed by atoms with E-state index in [9.17, 15) is 14.9 Å². The zero-order valence-corrected chi connectivity index (χ0v) is 15.5. The molecule has 26 heavy (non-hydrogen) atoms. The smallest absolute Gasteiger partial charge is 0.412 e. The maximum absolute atomic E-state index is 11.8. The second kappa shape index (κ2) is 7.57. The first-order valence-corrected chi connectivity index (χ1v) is 8.01. The summed E-state index contributed by atoms with van der Waals surface area (Å²) < 4.78 is 10.6. The van der Waals surface area contributed by atoms with Crippen LogP contribution >= 0.6 is 11.6 Å². The second-order valence-corrected chi connectivity index (χ2v) is 6.88. The molecule has 1 aromatic carbocycles. The summed E-state index contributed by atoms with van der Waals surface area (Å²) in [5, 5.41) is 13.8. The molecular weight excluding hydrogens is 362 g/mol. The standard InChI is InChI=1S/C17H18ClN3O5/c1-10-7-13(21(23)24)15(19-9-10)25-14-6-5-11(8-12(14)18)20-16(22)26-17(2,3)4/h5-9H,1-4H3,(H,20,22). The Morgan fingerprint density at radius 3 is 2.58 bits per heavy atom. The third-order valence-corrected chi connectivity index (χ3v) is 3.24. The number of nitro groups is 1. The lowest BCUT2D eigenvalue weighted by Crippen LogP contribution is -2.27. The van der Waals surface area contributed by atoms with Crippen LogP contribution in [0.5, 0.6) is 11.6 Å². The lowest BCUT2D eigenvalue weighted by atomic mass is 10.2. The van der Waals surface area contributed by atoms with Gasteiger partial charge in [0.25, 0.3) is 5.88 Å². The molecule has 8 nitrogen and oxygen atoms in total. The third kappa shape index (κ3) is 5.32. The molecule has 0 aliphatic rings. The Morgan fingerprint density at radius 2 is 2.00 bits per heavy atom. The Labute approximate surface area is 155 Å². The van der Waals surface area contributed by atoms with Crippen LogP contribution in [0.2, 0.25) is 5.02 Å². The molecule has 0 atom stereocenters. The van der Waals surface area contributed by atoms with E-state index in [0.29, 0.717) is 11.3 Å². The Kier molecular flexibility index (Phi) is 5.66. The molecule has 1 aromatic heterocycles. The first kappa shape index (κ1) is 19.5. The van der Waals surface area contributed by atoms with E-state index in [2.05, 4.69) is 10.3 Å². The summed E-state index contributed by atoms with van der Waals surface area (Å²) in [6.07, 6.45) is 0.826. The van der Waals surface area contributed by atoms with Gasteiger partial charge < -0.3 is 9.47 Å². The molecule has 1 amide bonds. The van der Waals surface area contributed by atoms with Crippen molar-refractivity contribution in [1.29, 1.82) is 0 Å². The predicted octanol–water partition coefficient (Wildman–Crippen LogP) is 5.09. The number of halogens is 1. The van der Waals surface area contributed by atoms with E-state index in [4.69, 9.17) is 21.1 Å². The number of aromatic nitrogens is 1. The molecule has 2 aromatic rings. The Morgan fingerprint density at radius 1 is 1.31 bits per heavy atom. The maximum Gasteiger partial charge on any atom is 0.412 e. The minimum Gasteiger partial charge on any atom is -0.444 e. The van der Waals surface area contributed by atoms with Gasteiger partial charge >= 0.3 is 11.8 Å². The number of hydrogen-bond acceptors (Lipinski definition) is 6. The molecule has 0 aliphatic heterocycles. The largest absolute Gasteiger partial charge is 0.444 e.